The van der Waals surface area contributed by atoms with Gasteiger partial charge in [0.2, 0.25) is 0 Å². The van der Waals surface area contributed by atoms with Gasteiger partial charge in [-0.1, -0.05) is 12.1 Å². The molecule has 1 aromatic rings. The molecule has 22 heavy (non-hydrogen) atoms. The molecule has 6 nitrogen and oxygen atoms in total. The molecule has 0 amide bonds. The van der Waals surface area contributed by atoms with E-state index in [1.807, 2.05) is 18.2 Å². The summed E-state index contributed by atoms with van der Waals surface area (Å²) in [6.07, 6.45) is 1.76. The summed E-state index contributed by atoms with van der Waals surface area (Å²) in [7, 11) is -0.517. The SMILES string of the molecule is CN(C)S(=O)(=O)NC(c1ccc2c(c1)CCO2)C1CC(O)C1. The molecule has 1 aliphatic carbocycles. The van der Waals surface area contributed by atoms with Gasteiger partial charge in [0.05, 0.1) is 18.8 Å². The number of rotatable bonds is 5. The van der Waals surface area contributed by atoms with E-state index in [1.165, 1.54) is 18.4 Å². The third kappa shape index (κ3) is 2.99. The van der Waals surface area contributed by atoms with E-state index in [1.54, 1.807) is 0 Å². The first-order chi connectivity index (χ1) is 10.4. The zero-order chi connectivity index (χ0) is 15.9. The molecular weight excluding hydrogens is 304 g/mol. The van der Waals surface area contributed by atoms with Crippen LogP contribution >= 0.6 is 0 Å². The van der Waals surface area contributed by atoms with E-state index in [0.29, 0.717) is 19.4 Å². The van der Waals surface area contributed by atoms with Crippen LogP contribution in [0.15, 0.2) is 18.2 Å². The summed E-state index contributed by atoms with van der Waals surface area (Å²) in [6, 6.07) is 5.53. The fourth-order valence-electron chi connectivity index (χ4n) is 3.00. The summed E-state index contributed by atoms with van der Waals surface area (Å²) in [5.74, 6) is 0.997. The molecule has 1 heterocycles. The molecule has 1 aliphatic heterocycles. The molecule has 1 aromatic carbocycles. The first kappa shape index (κ1) is 15.7. The van der Waals surface area contributed by atoms with Gasteiger partial charge in [-0.05, 0) is 36.0 Å². The Balaban J connectivity index is 1.88. The predicted molar refractivity (Wildman–Crippen MR) is 82.9 cm³/mol. The zero-order valence-corrected chi connectivity index (χ0v) is 13.6. The molecule has 1 saturated carbocycles. The van der Waals surface area contributed by atoms with Crippen LogP contribution in [0.2, 0.25) is 0 Å². The quantitative estimate of drug-likeness (QED) is 0.840. The van der Waals surface area contributed by atoms with Crippen molar-refractivity contribution in [3.63, 3.8) is 0 Å². The van der Waals surface area contributed by atoms with Crippen molar-refractivity contribution in [2.24, 2.45) is 5.92 Å². The second-order valence-electron chi connectivity index (χ2n) is 6.23. The Labute approximate surface area is 131 Å². The fourth-order valence-corrected chi connectivity index (χ4v) is 3.86. The lowest BCUT2D eigenvalue weighted by Gasteiger charge is -2.38. The number of hydrogen-bond donors (Lipinski definition) is 2. The lowest BCUT2D eigenvalue weighted by molar-refractivity contribution is 0.0278. The maximum Gasteiger partial charge on any atom is 0.279 e. The minimum Gasteiger partial charge on any atom is -0.493 e. The number of fused-ring (bicyclic) bond motifs is 1. The van der Waals surface area contributed by atoms with Crippen LogP contribution in [0.1, 0.15) is 30.0 Å². The van der Waals surface area contributed by atoms with Crippen LogP contribution in [0.5, 0.6) is 5.75 Å². The molecule has 0 saturated heterocycles. The summed E-state index contributed by atoms with van der Waals surface area (Å²) in [4.78, 5) is 0. The van der Waals surface area contributed by atoms with Gasteiger partial charge in [-0.3, -0.25) is 0 Å². The highest BCUT2D eigenvalue weighted by Gasteiger charge is 2.37. The van der Waals surface area contributed by atoms with Crippen molar-refractivity contribution in [1.29, 1.82) is 0 Å². The number of aliphatic hydroxyl groups is 1. The number of benzene rings is 1. The molecule has 7 heteroatoms. The Bertz CT molecular complexity index is 654. The van der Waals surface area contributed by atoms with Gasteiger partial charge >= 0.3 is 0 Å². The van der Waals surface area contributed by atoms with E-state index in [-0.39, 0.29) is 18.1 Å². The monoisotopic (exact) mass is 326 g/mol. The van der Waals surface area contributed by atoms with Gasteiger partial charge < -0.3 is 9.84 Å². The number of ether oxygens (including phenoxy) is 1. The molecule has 0 radical (unpaired) electrons. The molecule has 1 unspecified atom stereocenters. The maximum atomic E-state index is 12.2. The summed E-state index contributed by atoms with van der Waals surface area (Å²) >= 11 is 0. The lowest BCUT2D eigenvalue weighted by Crippen LogP contribution is -2.45. The molecule has 1 fully saturated rings. The highest BCUT2D eigenvalue weighted by atomic mass is 32.2. The fraction of sp³-hybridized carbons (Fsp3) is 0.600. The summed E-state index contributed by atoms with van der Waals surface area (Å²) < 4.78 is 33.8. The van der Waals surface area contributed by atoms with Crippen LogP contribution in [-0.2, 0) is 16.6 Å². The molecule has 2 aliphatic rings. The predicted octanol–water partition coefficient (Wildman–Crippen LogP) is 0.829. The van der Waals surface area contributed by atoms with Crippen molar-refractivity contribution in [1.82, 2.24) is 9.03 Å². The molecule has 122 valence electrons. The topological polar surface area (TPSA) is 78.9 Å². The number of hydrogen-bond acceptors (Lipinski definition) is 4. The highest BCUT2D eigenvalue weighted by molar-refractivity contribution is 7.87. The van der Waals surface area contributed by atoms with E-state index >= 15 is 0 Å². The normalized spacial score (nSPS) is 25.5. The highest BCUT2D eigenvalue weighted by Crippen LogP contribution is 2.40. The molecule has 1 atom stereocenters. The smallest absolute Gasteiger partial charge is 0.279 e. The Morgan fingerprint density at radius 3 is 2.73 bits per heavy atom. The van der Waals surface area contributed by atoms with E-state index in [4.69, 9.17) is 4.74 Å². The Kier molecular flexibility index (Phi) is 4.15. The molecular formula is C15H22N2O4S. The van der Waals surface area contributed by atoms with Crippen LogP contribution in [0.3, 0.4) is 0 Å². The largest absolute Gasteiger partial charge is 0.493 e. The minimum atomic E-state index is -3.53. The van der Waals surface area contributed by atoms with Crippen LogP contribution in [0, 0.1) is 5.92 Å². The third-order valence-corrected chi connectivity index (χ3v) is 5.96. The van der Waals surface area contributed by atoms with Crippen molar-refractivity contribution >= 4 is 10.2 Å². The molecule has 0 bridgehead atoms. The molecule has 2 N–H and O–H groups in total. The van der Waals surface area contributed by atoms with Crippen molar-refractivity contribution in [2.45, 2.75) is 31.4 Å². The van der Waals surface area contributed by atoms with Gasteiger partial charge in [0.25, 0.3) is 10.2 Å². The van der Waals surface area contributed by atoms with E-state index in [2.05, 4.69) is 4.72 Å². The van der Waals surface area contributed by atoms with Crippen molar-refractivity contribution in [2.75, 3.05) is 20.7 Å². The molecule has 0 spiro atoms. The van der Waals surface area contributed by atoms with Crippen LogP contribution in [0.25, 0.3) is 0 Å². The maximum absolute atomic E-state index is 12.2. The van der Waals surface area contributed by atoms with Crippen LogP contribution in [-0.4, -0.2) is 44.6 Å². The second kappa shape index (κ2) is 5.81. The van der Waals surface area contributed by atoms with Gasteiger partial charge in [-0.15, -0.1) is 0 Å². The zero-order valence-electron chi connectivity index (χ0n) is 12.8. The van der Waals surface area contributed by atoms with E-state index in [9.17, 15) is 13.5 Å². The van der Waals surface area contributed by atoms with Gasteiger partial charge in [0.15, 0.2) is 0 Å². The second-order valence-corrected chi connectivity index (χ2v) is 8.15. The van der Waals surface area contributed by atoms with Gasteiger partial charge in [0.1, 0.15) is 5.75 Å². The van der Waals surface area contributed by atoms with Gasteiger partial charge in [-0.2, -0.15) is 17.4 Å². The van der Waals surface area contributed by atoms with E-state index < -0.39 is 10.2 Å². The lowest BCUT2D eigenvalue weighted by atomic mass is 9.75. The summed E-state index contributed by atoms with van der Waals surface area (Å²) in [5, 5.41) is 9.57. The Morgan fingerprint density at radius 2 is 2.09 bits per heavy atom. The summed E-state index contributed by atoms with van der Waals surface area (Å²) in [6.45, 7) is 0.676. The average molecular weight is 326 g/mol. The third-order valence-electron chi connectivity index (χ3n) is 4.45. The van der Waals surface area contributed by atoms with Gasteiger partial charge in [0, 0.05) is 20.5 Å². The standard InChI is InChI=1S/C15H22N2O4S/c1-17(2)22(19,20)16-15(12-8-13(18)9-12)11-3-4-14-10(7-11)5-6-21-14/h3-4,7,12-13,15-16,18H,5-6,8-9H2,1-2H3. The average Bonchev–Trinajstić information content (AvgIpc) is 2.88. The first-order valence-electron chi connectivity index (χ1n) is 7.50. The van der Waals surface area contributed by atoms with Crippen molar-refractivity contribution in [3.05, 3.63) is 29.3 Å². The van der Waals surface area contributed by atoms with E-state index in [0.717, 1.165) is 23.3 Å². The number of aliphatic hydroxyl groups excluding tert-OH is 1. The first-order valence-corrected chi connectivity index (χ1v) is 8.94. The van der Waals surface area contributed by atoms with Crippen molar-refractivity contribution < 1.29 is 18.3 Å². The van der Waals surface area contributed by atoms with Crippen LogP contribution < -0.4 is 9.46 Å². The Hall–Kier alpha value is -1.15. The number of nitrogens with one attached hydrogen (secondary N) is 1. The van der Waals surface area contributed by atoms with Gasteiger partial charge in [-0.25, -0.2) is 0 Å². The molecule has 0 aromatic heterocycles. The van der Waals surface area contributed by atoms with Crippen molar-refractivity contribution in [3.8, 4) is 5.75 Å². The summed E-state index contributed by atoms with van der Waals surface area (Å²) in [5.41, 5.74) is 2.05. The Morgan fingerprint density at radius 1 is 1.36 bits per heavy atom. The van der Waals surface area contributed by atoms with Crippen LogP contribution in [0.4, 0.5) is 0 Å². The number of nitrogens with zero attached hydrogens (tertiary/aromatic N) is 1. The minimum absolute atomic E-state index is 0.116. The molecule has 3 rings (SSSR count).